The highest BCUT2D eigenvalue weighted by atomic mass is 35.5. The Labute approximate surface area is 290 Å². The van der Waals surface area contributed by atoms with E-state index in [0.29, 0.717) is 17.2 Å². The Morgan fingerprint density at radius 1 is 1.06 bits per heavy atom. The van der Waals surface area contributed by atoms with Crippen LogP contribution in [0.1, 0.15) is 50.4 Å². The summed E-state index contributed by atoms with van der Waals surface area (Å²) < 4.78 is 32.3. The van der Waals surface area contributed by atoms with Crippen molar-refractivity contribution in [2.75, 3.05) is 26.8 Å². The van der Waals surface area contributed by atoms with E-state index in [1.54, 1.807) is 68.6 Å². The van der Waals surface area contributed by atoms with Crippen LogP contribution in [0, 0.1) is 11.7 Å². The second-order valence-corrected chi connectivity index (χ2v) is 12.7. The fourth-order valence-corrected chi connectivity index (χ4v) is 5.33. The first-order valence-electron chi connectivity index (χ1n) is 16.1. The summed E-state index contributed by atoms with van der Waals surface area (Å²) >= 11 is 6.05. The Hall–Kier alpha value is -4.84. The largest absolute Gasteiger partial charge is 0.491 e. The number of carbonyl (C=O) groups is 4. The number of likely N-dealkylation sites (N-methyl/N-ethyl adjacent to an activating group) is 1. The van der Waals surface area contributed by atoms with E-state index in [4.69, 9.17) is 25.8 Å². The van der Waals surface area contributed by atoms with Crippen molar-refractivity contribution in [3.8, 4) is 23.0 Å². The highest BCUT2D eigenvalue weighted by Gasteiger charge is 2.29. The van der Waals surface area contributed by atoms with Crippen molar-refractivity contribution in [1.82, 2.24) is 20.9 Å². The minimum Gasteiger partial charge on any atom is -0.491 e. The quantitative estimate of drug-likeness (QED) is 0.283. The molecular weight excluding hydrogens is 655 g/mol. The van der Waals surface area contributed by atoms with Crippen LogP contribution in [-0.4, -0.2) is 73.5 Å². The van der Waals surface area contributed by atoms with Crippen LogP contribution in [0.2, 0.25) is 5.02 Å². The molecule has 0 aromatic heterocycles. The molecule has 49 heavy (non-hydrogen) atoms. The van der Waals surface area contributed by atoms with Gasteiger partial charge in [0.1, 0.15) is 36.8 Å². The molecule has 262 valence electrons. The molecule has 0 saturated carbocycles. The molecule has 3 atom stereocenters. The Morgan fingerprint density at radius 3 is 2.57 bits per heavy atom. The molecule has 0 aliphatic carbocycles. The van der Waals surface area contributed by atoms with E-state index in [9.17, 15) is 23.6 Å². The monoisotopic (exact) mass is 696 g/mol. The Balaban J connectivity index is 1.49. The van der Waals surface area contributed by atoms with Crippen LogP contribution in [0.3, 0.4) is 0 Å². The van der Waals surface area contributed by atoms with Crippen molar-refractivity contribution in [2.45, 2.75) is 58.2 Å². The number of carbonyl (C=O) groups excluding carboxylic acids is 4. The van der Waals surface area contributed by atoms with Gasteiger partial charge in [-0.3, -0.25) is 19.2 Å². The van der Waals surface area contributed by atoms with Crippen LogP contribution in [0.15, 0.2) is 66.7 Å². The maximum Gasteiger partial charge on any atom is 0.255 e. The van der Waals surface area contributed by atoms with Crippen LogP contribution in [0.25, 0.3) is 0 Å². The predicted octanol–water partition coefficient (Wildman–Crippen LogP) is 5.12. The molecule has 1 aliphatic heterocycles. The molecule has 11 nitrogen and oxygen atoms in total. The summed E-state index contributed by atoms with van der Waals surface area (Å²) in [6, 6.07) is 14.8. The van der Waals surface area contributed by atoms with Crippen LogP contribution in [0.5, 0.6) is 23.0 Å². The maximum absolute atomic E-state index is 14.8. The highest BCUT2D eigenvalue weighted by Crippen LogP contribution is 2.34. The second-order valence-electron chi connectivity index (χ2n) is 12.3. The van der Waals surface area contributed by atoms with Gasteiger partial charge in [0.05, 0.1) is 18.2 Å². The Kier molecular flexibility index (Phi) is 13.2. The van der Waals surface area contributed by atoms with E-state index in [-0.39, 0.29) is 67.2 Å². The lowest BCUT2D eigenvalue weighted by Crippen LogP contribution is -2.51. The molecule has 3 N–H and O–H groups in total. The first-order chi connectivity index (χ1) is 23.4. The number of amides is 4. The molecule has 0 spiro atoms. The van der Waals surface area contributed by atoms with E-state index in [2.05, 4.69) is 16.0 Å². The number of benzene rings is 3. The number of rotatable bonds is 9. The number of para-hydroxylation sites is 2. The zero-order valence-corrected chi connectivity index (χ0v) is 28.7. The van der Waals surface area contributed by atoms with Crippen molar-refractivity contribution < 1.29 is 37.8 Å². The maximum atomic E-state index is 14.8. The third-order valence-corrected chi connectivity index (χ3v) is 7.87. The molecule has 13 heteroatoms. The van der Waals surface area contributed by atoms with Crippen molar-refractivity contribution in [3.05, 3.63) is 83.1 Å². The Bertz CT molecular complexity index is 1640. The third-order valence-electron chi connectivity index (χ3n) is 7.64. The van der Waals surface area contributed by atoms with E-state index >= 15 is 0 Å². The normalized spacial score (nSPS) is 18.2. The first-order valence-corrected chi connectivity index (χ1v) is 16.5. The molecular formula is C36H42ClFN4O7. The number of fused-ring (bicyclic) bond motifs is 1. The van der Waals surface area contributed by atoms with E-state index in [1.165, 1.54) is 17.0 Å². The minimum atomic E-state index is -1.14. The number of nitrogens with zero attached hydrogens (tertiary/aromatic N) is 1. The summed E-state index contributed by atoms with van der Waals surface area (Å²) in [5, 5.41) is 8.77. The number of hydrogen-bond acceptors (Lipinski definition) is 7. The number of nitrogens with one attached hydrogen (secondary N) is 3. The molecule has 3 aromatic carbocycles. The molecule has 0 fully saturated rings. The standard InChI is InChI=1S/C36H42ClFN4O7/c1-22(2)19-29-36(46)42(4)17-18-47-30-13-6-5-11-26(30)34(44)41-28(15-16-32(43)40-29)35(45)39-23(3)21-48-33-27(38)12-8-14-31(33)49-25-10-7-9-24(37)20-25/h5-14,20,22-23,28-29H,15-19,21H2,1-4H3,(H,39,45)(H,40,43)(H,41,44)/t23-,28+,29-/m1/s1. The zero-order valence-electron chi connectivity index (χ0n) is 28.0. The molecule has 4 amide bonds. The first kappa shape index (κ1) is 37.0. The SMILES string of the molecule is CC(C)C[C@H]1NC(=O)CC[C@@H](C(=O)N[C@H](C)COc2c(F)cccc2Oc2cccc(Cl)c2)NC(=O)c2ccccc2OCCN(C)C1=O. The van der Waals surface area contributed by atoms with Gasteiger partial charge in [-0.2, -0.15) is 0 Å². The molecule has 0 bridgehead atoms. The topological polar surface area (TPSA) is 135 Å². The summed E-state index contributed by atoms with van der Waals surface area (Å²) in [6.45, 7) is 5.74. The van der Waals surface area contributed by atoms with Gasteiger partial charge in [-0.15, -0.1) is 0 Å². The van der Waals surface area contributed by atoms with Gasteiger partial charge in [-0.25, -0.2) is 4.39 Å². The van der Waals surface area contributed by atoms with Gasteiger partial charge in [0.25, 0.3) is 5.91 Å². The van der Waals surface area contributed by atoms with Gasteiger partial charge in [-0.1, -0.05) is 49.7 Å². The van der Waals surface area contributed by atoms with Crippen LogP contribution in [-0.2, 0) is 14.4 Å². The number of halogens is 2. The van der Waals surface area contributed by atoms with Crippen molar-refractivity contribution in [1.29, 1.82) is 0 Å². The van der Waals surface area contributed by atoms with Gasteiger partial charge in [0.15, 0.2) is 17.3 Å². The summed E-state index contributed by atoms with van der Waals surface area (Å²) in [5.74, 6) is -1.78. The van der Waals surface area contributed by atoms with Gasteiger partial charge >= 0.3 is 0 Å². The Morgan fingerprint density at radius 2 is 1.82 bits per heavy atom. The highest BCUT2D eigenvalue weighted by molar-refractivity contribution is 6.30. The smallest absolute Gasteiger partial charge is 0.255 e. The lowest BCUT2D eigenvalue weighted by Gasteiger charge is -2.26. The fraction of sp³-hybridized carbons (Fsp3) is 0.389. The summed E-state index contributed by atoms with van der Waals surface area (Å²) in [4.78, 5) is 54.8. The third kappa shape index (κ3) is 10.8. The lowest BCUT2D eigenvalue weighted by atomic mass is 10.0. The zero-order chi connectivity index (χ0) is 35.5. The molecule has 1 aliphatic rings. The molecule has 0 saturated heterocycles. The summed E-state index contributed by atoms with van der Waals surface area (Å²) in [6.07, 6.45) is 0.209. The molecule has 4 rings (SSSR count). The molecule has 1 heterocycles. The fourth-order valence-electron chi connectivity index (χ4n) is 5.15. The average Bonchev–Trinajstić information content (AvgIpc) is 3.05. The van der Waals surface area contributed by atoms with E-state index in [0.717, 1.165) is 0 Å². The number of ether oxygens (including phenoxy) is 3. The molecule has 3 aromatic rings. The van der Waals surface area contributed by atoms with E-state index in [1.807, 2.05) is 13.8 Å². The lowest BCUT2D eigenvalue weighted by molar-refractivity contribution is -0.136. The molecule has 0 radical (unpaired) electrons. The minimum absolute atomic E-state index is 0.0661. The average molecular weight is 697 g/mol. The van der Waals surface area contributed by atoms with Crippen LogP contribution < -0.4 is 30.2 Å². The second kappa shape index (κ2) is 17.5. The van der Waals surface area contributed by atoms with Crippen molar-refractivity contribution >= 4 is 35.2 Å². The number of hydrogen-bond donors (Lipinski definition) is 3. The molecule has 0 unspecified atom stereocenters. The van der Waals surface area contributed by atoms with Gasteiger partial charge < -0.3 is 35.1 Å². The van der Waals surface area contributed by atoms with Crippen molar-refractivity contribution in [2.24, 2.45) is 5.92 Å². The van der Waals surface area contributed by atoms with Crippen molar-refractivity contribution in [3.63, 3.8) is 0 Å². The van der Waals surface area contributed by atoms with Crippen LogP contribution in [0.4, 0.5) is 4.39 Å². The summed E-state index contributed by atoms with van der Waals surface area (Å²) in [5.41, 5.74) is 0.189. The van der Waals surface area contributed by atoms with E-state index < -0.39 is 41.7 Å². The predicted molar refractivity (Wildman–Crippen MR) is 182 cm³/mol. The van der Waals surface area contributed by atoms with Crippen LogP contribution >= 0.6 is 11.6 Å². The van der Waals surface area contributed by atoms with Gasteiger partial charge in [-0.05, 0) is 68.1 Å². The summed E-state index contributed by atoms with van der Waals surface area (Å²) in [7, 11) is 1.63. The van der Waals surface area contributed by atoms with Gasteiger partial charge in [0, 0.05) is 18.5 Å². The van der Waals surface area contributed by atoms with Gasteiger partial charge in [0.2, 0.25) is 17.7 Å².